The molecule has 0 bridgehead atoms. The standard InChI is InChI=1S/C14H28N2O2S/c1-3-12-6-4-5-8-14(12,11-15)16(2)13-7-9-19(17,18)10-13/h12-13H,3-11,15H2,1-2H3. The van der Waals surface area contributed by atoms with Crippen molar-refractivity contribution in [3.8, 4) is 0 Å². The molecule has 3 unspecified atom stereocenters. The van der Waals surface area contributed by atoms with Crippen LogP contribution in [0.5, 0.6) is 0 Å². The first kappa shape index (κ1) is 15.3. The minimum absolute atomic E-state index is 0.0253. The van der Waals surface area contributed by atoms with Crippen LogP contribution in [-0.2, 0) is 9.84 Å². The monoisotopic (exact) mass is 288 g/mol. The Balaban J connectivity index is 2.20. The van der Waals surface area contributed by atoms with Crippen molar-refractivity contribution in [1.82, 2.24) is 4.90 Å². The Morgan fingerprint density at radius 2 is 2.05 bits per heavy atom. The Bertz CT molecular complexity index is 410. The Hall–Kier alpha value is -0.130. The summed E-state index contributed by atoms with van der Waals surface area (Å²) in [6.07, 6.45) is 6.78. The second-order valence-electron chi connectivity index (χ2n) is 6.33. The summed E-state index contributed by atoms with van der Waals surface area (Å²) < 4.78 is 23.4. The maximum atomic E-state index is 11.7. The van der Waals surface area contributed by atoms with E-state index in [1.165, 1.54) is 19.3 Å². The second-order valence-corrected chi connectivity index (χ2v) is 8.56. The summed E-state index contributed by atoms with van der Waals surface area (Å²) >= 11 is 0. The van der Waals surface area contributed by atoms with Crippen molar-refractivity contribution in [3.05, 3.63) is 0 Å². The molecule has 0 aromatic heterocycles. The van der Waals surface area contributed by atoms with E-state index in [0.29, 0.717) is 24.0 Å². The zero-order chi connectivity index (χ0) is 14.1. The maximum Gasteiger partial charge on any atom is 0.151 e. The molecular formula is C14H28N2O2S. The van der Waals surface area contributed by atoms with Crippen molar-refractivity contribution in [2.75, 3.05) is 25.1 Å². The number of nitrogens with zero attached hydrogens (tertiary/aromatic N) is 1. The predicted octanol–water partition coefficient (Wildman–Crippen LogP) is 1.40. The normalized spacial score (nSPS) is 38.7. The van der Waals surface area contributed by atoms with Gasteiger partial charge in [-0.15, -0.1) is 0 Å². The Morgan fingerprint density at radius 3 is 2.58 bits per heavy atom. The summed E-state index contributed by atoms with van der Waals surface area (Å²) in [5.41, 5.74) is 6.17. The van der Waals surface area contributed by atoms with Gasteiger partial charge in [0, 0.05) is 18.1 Å². The van der Waals surface area contributed by atoms with Crippen LogP contribution in [0.2, 0.25) is 0 Å². The lowest BCUT2D eigenvalue weighted by molar-refractivity contribution is 0.000288. The van der Waals surface area contributed by atoms with Crippen LogP contribution in [-0.4, -0.2) is 50.0 Å². The fraction of sp³-hybridized carbons (Fsp3) is 1.00. The number of nitrogens with two attached hydrogens (primary N) is 1. The van der Waals surface area contributed by atoms with Crippen LogP contribution >= 0.6 is 0 Å². The fourth-order valence-corrected chi connectivity index (χ4v) is 5.97. The molecule has 1 saturated heterocycles. The van der Waals surface area contributed by atoms with Crippen molar-refractivity contribution < 1.29 is 8.42 Å². The molecule has 2 fully saturated rings. The van der Waals surface area contributed by atoms with E-state index in [2.05, 4.69) is 18.9 Å². The van der Waals surface area contributed by atoms with Gasteiger partial charge in [-0.3, -0.25) is 4.90 Å². The third kappa shape index (κ3) is 2.83. The lowest BCUT2D eigenvalue weighted by Crippen LogP contribution is -2.61. The molecule has 0 aromatic rings. The SMILES string of the molecule is CCC1CCCCC1(CN)N(C)C1CCS(=O)(=O)C1. The van der Waals surface area contributed by atoms with Gasteiger partial charge in [-0.25, -0.2) is 8.42 Å². The molecule has 1 heterocycles. The van der Waals surface area contributed by atoms with Gasteiger partial charge < -0.3 is 5.73 Å². The van der Waals surface area contributed by atoms with Crippen LogP contribution < -0.4 is 5.73 Å². The molecule has 0 amide bonds. The zero-order valence-corrected chi connectivity index (χ0v) is 13.1. The third-order valence-corrected chi connectivity index (χ3v) is 7.23. The van der Waals surface area contributed by atoms with Crippen LogP contribution in [0.4, 0.5) is 0 Å². The first-order chi connectivity index (χ1) is 8.95. The summed E-state index contributed by atoms with van der Waals surface area (Å²) in [5.74, 6) is 1.28. The molecule has 112 valence electrons. The molecule has 5 heteroatoms. The molecule has 0 spiro atoms. The van der Waals surface area contributed by atoms with Gasteiger partial charge in [0.2, 0.25) is 0 Å². The Kier molecular flexibility index (Phi) is 4.58. The van der Waals surface area contributed by atoms with Gasteiger partial charge in [-0.1, -0.05) is 26.2 Å². The molecule has 0 radical (unpaired) electrons. The summed E-state index contributed by atoms with van der Waals surface area (Å²) in [5, 5.41) is 0. The summed E-state index contributed by atoms with van der Waals surface area (Å²) in [6, 6.07) is 0.167. The Morgan fingerprint density at radius 1 is 1.32 bits per heavy atom. The topological polar surface area (TPSA) is 63.4 Å². The van der Waals surface area contributed by atoms with Crippen LogP contribution in [0, 0.1) is 5.92 Å². The largest absolute Gasteiger partial charge is 0.329 e. The van der Waals surface area contributed by atoms with Crippen LogP contribution in [0.1, 0.15) is 45.4 Å². The number of sulfone groups is 1. The molecule has 3 atom stereocenters. The maximum absolute atomic E-state index is 11.7. The minimum Gasteiger partial charge on any atom is -0.329 e. The number of hydrogen-bond acceptors (Lipinski definition) is 4. The molecule has 19 heavy (non-hydrogen) atoms. The molecule has 1 saturated carbocycles. The van der Waals surface area contributed by atoms with Crippen molar-refractivity contribution in [3.63, 3.8) is 0 Å². The Labute approximate surface area is 117 Å². The minimum atomic E-state index is -2.82. The highest BCUT2D eigenvalue weighted by atomic mass is 32.2. The van der Waals surface area contributed by atoms with E-state index < -0.39 is 9.84 Å². The smallest absolute Gasteiger partial charge is 0.151 e. The summed E-state index contributed by atoms with van der Waals surface area (Å²) in [6.45, 7) is 2.89. The second kappa shape index (κ2) is 5.70. The predicted molar refractivity (Wildman–Crippen MR) is 78.9 cm³/mol. The van der Waals surface area contributed by atoms with Gasteiger partial charge in [0.15, 0.2) is 9.84 Å². The van der Waals surface area contributed by atoms with Crippen molar-refractivity contribution in [2.45, 2.75) is 57.0 Å². The van der Waals surface area contributed by atoms with Gasteiger partial charge in [0.1, 0.15) is 0 Å². The average Bonchev–Trinajstić information content (AvgIpc) is 2.77. The van der Waals surface area contributed by atoms with Crippen molar-refractivity contribution in [1.29, 1.82) is 0 Å². The quantitative estimate of drug-likeness (QED) is 0.849. The molecule has 1 aliphatic carbocycles. The van der Waals surface area contributed by atoms with Crippen LogP contribution in [0.25, 0.3) is 0 Å². The molecular weight excluding hydrogens is 260 g/mol. The highest BCUT2D eigenvalue weighted by Gasteiger charge is 2.46. The molecule has 2 rings (SSSR count). The van der Waals surface area contributed by atoms with E-state index >= 15 is 0 Å². The number of rotatable bonds is 4. The summed E-state index contributed by atoms with van der Waals surface area (Å²) in [7, 11) is -0.717. The highest BCUT2D eigenvalue weighted by Crippen LogP contribution is 2.41. The van der Waals surface area contributed by atoms with Gasteiger partial charge >= 0.3 is 0 Å². The number of hydrogen-bond donors (Lipinski definition) is 1. The van der Waals surface area contributed by atoms with Gasteiger partial charge in [0.05, 0.1) is 11.5 Å². The average molecular weight is 288 g/mol. The first-order valence-electron chi connectivity index (χ1n) is 7.58. The zero-order valence-electron chi connectivity index (χ0n) is 12.3. The van der Waals surface area contributed by atoms with E-state index in [1.54, 1.807) is 0 Å². The molecule has 0 aromatic carbocycles. The van der Waals surface area contributed by atoms with Gasteiger partial charge in [-0.2, -0.15) is 0 Å². The fourth-order valence-electron chi connectivity index (χ4n) is 4.20. The lowest BCUT2D eigenvalue weighted by Gasteiger charge is -2.51. The van der Waals surface area contributed by atoms with Gasteiger partial charge in [0.25, 0.3) is 0 Å². The molecule has 2 N–H and O–H groups in total. The lowest BCUT2D eigenvalue weighted by atomic mass is 9.70. The van der Waals surface area contributed by atoms with Crippen LogP contribution in [0.15, 0.2) is 0 Å². The molecule has 1 aliphatic heterocycles. The van der Waals surface area contributed by atoms with Crippen molar-refractivity contribution >= 4 is 9.84 Å². The number of likely N-dealkylation sites (N-methyl/N-ethyl adjacent to an activating group) is 1. The van der Waals surface area contributed by atoms with E-state index in [0.717, 1.165) is 19.3 Å². The molecule has 2 aliphatic rings. The van der Waals surface area contributed by atoms with Crippen LogP contribution in [0.3, 0.4) is 0 Å². The summed E-state index contributed by atoms with van der Waals surface area (Å²) in [4.78, 5) is 2.34. The van der Waals surface area contributed by atoms with Gasteiger partial charge in [-0.05, 0) is 32.2 Å². The highest BCUT2D eigenvalue weighted by molar-refractivity contribution is 7.91. The van der Waals surface area contributed by atoms with E-state index in [-0.39, 0.29) is 11.6 Å². The van der Waals surface area contributed by atoms with Crippen molar-refractivity contribution in [2.24, 2.45) is 11.7 Å². The molecule has 4 nitrogen and oxygen atoms in total. The van der Waals surface area contributed by atoms with E-state index in [1.807, 2.05) is 0 Å². The third-order valence-electron chi connectivity index (χ3n) is 5.48. The van der Waals surface area contributed by atoms with E-state index in [4.69, 9.17) is 5.73 Å². The van der Waals surface area contributed by atoms with E-state index in [9.17, 15) is 8.42 Å². The first-order valence-corrected chi connectivity index (χ1v) is 9.41.